The van der Waals surface area contributed by atoms with Gasteiger partial charge in [-0.05, 0) is 71.1 Å². The highest BCUT2D eigenvalue weighted by molar-refractivity contribution is 14.1. The van der Waals surface area contributed by atoms with Crippen LogP contribution >= 0.6 is 73.5 Å². The van der Waals surface area contributed by atoms with Gasteiger partial charge in [0.25, 0.3) is 0 Å². The van der Waals surface area contributed by atoms with Crippen molar-refractivity contribution in [1.29, 1.82) is 0 Å². The normalized spacial score (nSPS) is 9.91. The molecule has 0 N–H and O–H groups in total. The molecule has 0 radical (unpaired) electrons. The van der Waals surface area contributed by atoms with Crippen LogP contribution in [0.4, 0.5) is 0 Å². The largest absolute Gasteiger partial charge is 0.243 e. The van der Waals surface area contributed by atoms with Crippen LogP contribution in [0.2, 0.25) is 10.3 Å². The van der Waals surface area contributed by atoms with Gasteiger partial charge in [-0.1, -0.05) is 50.9 Å². The highest BCUT2D eigenvalue weighted by Crippen LogP contribution is 2.28. The molecule has 3 rings (SSSR count). The van der Waals surface area contributed by atoms with Gasteiger partial charge in [-0.25, -0.2) is 9.97 Å². The van der Waals surface area contributed by atoms with Crippen LogP contribution in [0.1, 0.15) is 0 Å². The Morgan fingerprint density at radius 2 is 1.35 bits per heavy atom. The van der Waals surface area contributed by atoms with E-state index in [0.29, 0.717) is 10.3 Å². The topological polar surface area (TPSA) is 25.8 Å². The van der Waals surface area contributed by atoms with Crippen LogP contribution in [-0.2, 0) is 0 Å². The number of nitrogens with zero attached hydrogens (tertiary/aromatic N) is 2. The van der Waals surface area contributed by atoms with E-state index in [0.717, 1.165) is 12.9 Å². The van der Waals surface area contributed by atoms with Crippen LogP contribution in [0.5, 0.6) is 0 Å². The van der Waals surface area contributed by atoms with Gasteiger partial charge in [-0.2, -0.15) is 0 Å². The Morgan fingerprint density at radius 1 is 0.783 bits per heavy atom. The molecule has 0 saturated heterocycles. The molecule has 23 heavy (non-hydrogen) atoms. The summed E-state index contributed by atoms with van der Waals surface area (Å²) in [5.41, 5.74) is 0. The molecule has 2 nitrogen and oxygen atoms in total. The fourth-order valence-electron chi connectivity index (χ4n) is 1.42. The molecule has 0 aliphatic heterocycles. The molecule has 0 fully saturated rings. The molecule has 0 spiro atoms. The lowest BCUT2D eigenvalue weighted by Crippen LogP contribution is -1.76. The van der Waals surface area contributed by atoms with E-state index in [-0.39, 0.29) is 0 Å². The third-order valence-corrected chi connectivity index (χ3v) is 5.04. The average Bonchev–Trinajstić information content (AvgIpc) is 2.55. The number of halogens is 4. The summed E-state index contributed by atoms with van der Waals surface area (Å²) in [5.74, 6) is 0. The van der Waals surface area contributed by atoms with E-state index in [4.69, 9.17) is 23.2 Å². The summed E-state index contributed by atoms with van der Waals surface area (Å²) in [6, 6.07) is 15.6. The predicted octanol–water partition coefficient (Wildman–Crippen LogP) is 6.99. The van der Waals surface area contributed by atoms with Crippen LogP contribution < -0.4 is 0 Å². The zero-order valence-electron chi connectivity index (χ0n) is 11.6. The van der Waals surface area contributed by atoms with Crippen molar-refractivity contribution >= 4 is 73.5 Å². The van der Waals surface area contributed by atoms with E-state index in [1.807, 2.05) is 24.3 Å². The van der Waals surface area contributed by atoms with E-state index in [9.17, 15) is 0 Å². The summed E-state index contributed by atoms with van der Waals surface area (Å²) >= 11 is 18.4. The summed E-state index contributed by atoms with van der Waals surface area (Å²) in [6.07, 6.45) is 3.50. The monoisotopic (exact) mass is 538 g/mol. The maximum Gasteiger partial charge on any atom is 0.129 e. The lowest BCUT2D eigenvalue weighted by molar-refractivity contribution is 1.23. The number of rotatable bonds is 2. The first kappa shape index (κ1) is 19.0. The maximum absolute atomic E-state index is 5.71. The molecule has 0 aliphatic rings. The first-order valence-corrected chi connectivity index (χ1v) is 9.79. The van der Waals surface area contributed by atoms with Gasteiger partial charge >= 0.3 is 0 Å². The zero-order chi connectivity index (χ0) is 16.7. The molecular formula is C16H10BrCl2IN2S. The minimum atomic E-state index is 0.523. The highest BCUT2D eigenvalue weighted by atomic mass is 127. The fourth-order valence-corrected chi connectivity index (χ4v) is 3.01. The summed E-state index contributed by atoms with van der Waals surface area (Å²) in [4.78, 5) is 10.1. The van der Waals surface area contributed by atoms with Crippen LogP contribution in [0.15, 0.2) is 75.2 Å². The quantitative estimate of drug-likeness (QED) is 0.259. The lowest BCUT2D eigenvalue weighted by Gasteiger charge is -2.01. The Balaban J connectivity index is 0.000000203. The highest BCUT2D eigenvalue weighted by Gasteiger charge is 1.97. The Bertz CT molecular complexity index is 673. The van der Waals surface area contributed by atoms with Gasteiger partial charge < -0.3 is 0 Å². The van der Waals surface area contributed by atoms with Gasteiger partial charge in [0.2, 0.25) is 0 Å². The van der Waals surface area contributed by atoms with E-state index in [1.165, 1.54) is 4.90 Å². The second-order valence-corrected chi connectivity index (χ2v) is 8.25. The van der Waals surface area contributed by atoms with Gasteiger partial charge in [0, 0.05) is 30.2 Å². The van der Waals surface area contributed by atoms with Crippen molar-refractivity contribution in [3.05, 3.63) is 79.3 Å². The zero-order valence-corrected chi connectivity index (χ0v) is 17.7. The summed E-state index contributed by atoms with van der Waals surface area (Å²) in [7, 11) is 0. The Kier molecular flexibility index (Phi) is 8.12. The van der Waals surface area contributed by atoms with Crippen molar-refractivity contribution in [3.63, 3.8) is 0 Å². The minimum absolute atomic E-state index is 0.523. The average molecular weight is 540 g/mol. The van der Waals surface area contributed by atoms with Crippen molar-refractivity contribution in [2.45, 2.75) is 9.79 Å². The van der Waals surface area contributed by atoms with Crippen molar-refractivity contribution < 1.29 is 0 Å². The van der Waals surface area contributed by atoms with Gasteiger partial charge in [0.1, 0.15) is 10.3 Å². The molecule has 0 unspecified atom stereocenters. The fraction of sp³-hybridized carbons (Fsp3) is 0. The number of pyridine rings is 2. The second kappa shape index (κ2) is 9.84. The first-order chi connectivity index (χ1) is 11.0. The second-order valence-electron chi connectivity index (χ2n) is 4.17. The third kappa shape index (κ3) is 7.39. The molecule has 3 aromatic rings. The molecule has 118 valence electrons. The molecule has 2 aromatic heterocycles. The first-order valence-electron chi connectivity index (χ1n) is 6.35. The van der Waals surface area contributed by atoms with Crippen molar-refractivity contribution in [2.75, 3.05) is 0 Å². The van der Waals surface area contributed by atoms with Crippen LogP contribution in [0.3, 0.4) is 0 Å². The Hall–Kier alpha value is -0.340. The Labute approximate surface area is 171 Å². The number of hydrogen-bond donors (Lipinski definition) is 0. The predicted molar refractivity (Wildman–Crippen MR) is 109 cm³/mol. The van der Waals surface area contributed by atoms with E-state index < -0.39 is 0 Å². The van der Waals surface area contributed by atoms with Crippen LogP contribution in [-0.4, -0.2) is 9.97 Å². The molecule has 2 heterocycles. The molecule has 0 amide bonds. The van der Waals surface area contributed by atoms with E-state index in [2.05, 4.69) is 60.6 Å². The van der Waals surface area contributed by atoms with E-state index in [1.54, 1.807) is 36.3 Å². The molecule has 0 saturated carbocycles. The lowest BCUT2D eigenvalue weighted by atomic mass is 10.4. The number of hydrogen-bond acceptors (Lipinski definition) is 3. The van der Waals surface area contributed by atoms with Gasteiger partial charge in [0.15, 0.2) is 0 Å². The summed E-state index contributed by atoms with van der Waals surface area (Å²) in [5, 5.41) is 1.07. The minimum Gasteiger partial charge on any atom is -0.243 e. The summed E-state index contributed by atoms with van der Waals surface area (Å²) in [6.45, 7) is 0. The molecule has 0 atom stereocenters. The molecule has 0 aliphatic carbocycles. The van der Waals surface area contributed by atoms with Gasteiger partial charge in [-0.15, -0.1) is 0 Å². The van der Waals surface area contributed by atoms with Crippen molar-refractivity contribution in [1.82, 2.24) is 9.97 Å². The molecular weight excluding hydrogens is 530 g/mol. The van der Waals surface area contributed by atoms with Crippen LogP contribution in [0.25, 0.3) is 0 Å². The molecule has 1 aromatic carbocycles. The molecule has 0 bridgehead atoms. The summed E-state index contributed by atoms with van der Waals surface area (Å²) < 4.78 is 2.19. The van der Waals surface area contributed by atoms with Crippen LogP contribution in [0, 0.1) is 3.57 Å². The third-order valence-electron chi connectivity index (χ3n) is 2.44. The standard InChI is InChI=1S/C11H7BrClNS.C5H3ClIN/c12-8-1-3-9(4-2-8)15-10-5-6-11(13)14-7-10;6-5-2-1-4(7)3-8-5/h1-7H;1-3H. The number of benzene rings is 1. The van der Waals surface area contributed by atoms with Crippen molar-refractivity contribution in [3.8, 4) is 0 Å². The van der Waals surface area contributed by atoms with Crippen molar-refractivity contribution in [2.24, 2.45) is 0 Å². The van der Waals surface area contributed by atoms with Gasteiger partial charge in [-0.3, -0.25) is 0 Å². The smallest absolute Gasteiger partial charge is 0.129 e. The number of aromatic nitrogens is 2. The molecule has 7 heteroatoms. The SMILES string of the molecule is Clc1ccc(I)cn1.Clc1ccc(Sc2ccc(Br)cc2)cn1. The maximum atomic E-state index is 5.71. The van der Waals surface area contributed by atoms with Gasteiger partial charge in [0.05, 0.1) is 0 Å². The van der Waals surface area contributed by atoms with E-state index >= 15 is 0 Å². The Morgan fingerprint density at radius 3 is 1.83 bits per heavy atom.